The van der Waals surface area contributed by atoms with Crippen molar-refractivity contribution in [2.45, 2.75) is 18.9 Å². The Kier molecular flexibility index (Phi) is 3.60. The summed E-state index contributed by atoms with van der Waals surface area (Å²) >= 11 is 0. The number of nitrogens with one attached hydrogen (secondary N) is 1. The molecular weight excluding hydrogens is 219 g/mol. The summed E-state index contributed by atoms with van der Waals surface area (Å²) in [6.07, 6.45) is 2.13. The van der Waals surface area contributed by atoms with E-state index >= 15 is 0 Å². The molecule has 2 atom stereocenters. The summed E-state index contributed by atoms with van der Waals surface area (Å²) in [6.45, 7) is 1.89. The average Bonchev–Trinajstić information content (AvgIpc) is 2.29. The van der Waals surface area contributed by atoms with Gasteiger partial charge in [0.05, 0.1) is 18.7 Å². The van der Waals surface area contributed by atoms with Crippen molar-refractivity contribution in [1.29, 1.82) is 5.26 Å². The van der Waals surface area contributed by atoms with Gasteiger partial charge in [0.1, 0.15) is 23.7 Å². The predicted octanol–water partition coefficient (Wildman–Crippen LogP) is 0.915. The summed E-state index contributed by atoms with van der Waals surface area (Å²) in [4.78, 5) is 1.19. The monoisotopic (exact) mass is 234 g/mol. The summed E-state index contributed by atoms with van der Waals surface area (Å²) < 4.78 is 19.1. The molecule has 2 rings (SSSR count). The zero-order chi connectivity index (χ0) is 12.3. The standard InChI is InChI=1S/C13H15FN2O/c1-16-6-2-3-12(9-16)17-11-5-4-10(8-15)13(14)7-11/h4-5,7,12,16H,1-3,6,9H2. The zero-order valence-corrected chi connectivity index (χ0v) is 9.58. The Labute approximate surface area is 100 Å². The molecule has 1 aliphatic rings. The number of nitriles is 1. The van der Waals surface area contributed by atoms with E-state index in [0.29, 0.717) is 5.75 Å². The highest BCUT2D eigenvalue weighted by Gasteiger charge is 2.19. The number of likely N-dealkylation sites (tertiary alicyclic amines) is 1. The van der Waals surface area contributed by atoms with Crippen LogP contribution in [0.15, 0.2) is 18.2 Å². The fourth-order valence-electron chi connectivity index (χ4n) is 2.06. The molecule has 0 saturated carbocycles. The smallest absolute Gasteiger partial charge is 0.145 e. The summed E-state index contributed by atoms with van der Waals surface area (Å²) in [6, 6.07) is 6.15. The molecule has 0 amide bonds. The van der Waals surface area contributed by atoms with Crippen LogP contribution in [-0.4, -0.2) is 19.2 Å². The summed E-state index contributed by atoms with van der Waals surface area (Å²) in [5.41, 5.74) is 0.0467. The largest absolute Gasteiger partial charge is 0.485 e. The van der Waals surface area contributed by atoms with Crippen molar-refractivity contribution < 1.29 is 14.0 Å². The maximum absolute atomic E-state index is 13.4. The van der Waals surface area contributed by atoms with E-state index in [4.69, 9.17) is 10.00 Å². The van der Waals surface area contributed by atoms with Gasteiger partial charge in [0, 0.05) is 6.07 Å². The van der Waals surface area contributed by atoms with Gasteiger partial charge in [-0.1, -0.05) is 0 Å². The van der Waals surface area contributed by atoms with Gasteiger partial charge in [0.2, 0.25) is 0 Å². The van der Waals surface area contributed by atoms with E-state index < -0.39 is 5.82 Å². The molecule has 0 aliphatic carbocycles. The van der Waals surface area contributed by atoms with Crippen LogP contribution in [0.4, 0.5) is 4.39 Å². The molecule has 1 aromatic carbocycles. The highest BCUT2D eigenvalue weighted by molar-refractivity contribution is 5.36. The van der Waals surface area contributed by atoms with E-state index in [0.717, 1.165) is 25.9 Å². The molecule has 3 nitrogen and oxygen atoms in total. The fourth-order valence-corrected chi connectivity index (χ4v) is 2.06. The summed E-state index contributed by atoms with van der Waals surface area (Å²) in [5.74, 6) is -0.0409. The molecule has 2 unspecified atom stereocenters. The molecule has 0 aromatic heterocycles. The van der Waals surface area contributed by atoms with Gasteiger partial charge in [0.25, 0.3) is 0 Å². The number of piperidine rings is 1. The van der Waals surface area contributed by atoms with Gasteiger partial charge in [-0.2, -0.15) is 12.3 Å². The van der Waals surface area contributed by atoms with Gasteiger partial charge < -0.3 is 9.64 Å². The fraction of sp³-hybridized carbons (Fsp3) is 0.385. The summed E-state index contributed by atoms with van der Waals surface area (Å²) in [5, 5.41) is 8.62. The van der Waals surface area contributed by atoms with Crippen LogP contribution >= 0.6 is 0 Å². The third-order valence-corrected chi connectivity index (χ3v) is 2.94. The lowest BCUT2D eigenvalue weighted by Crippen LogP contribution is -3.09. The van der Waals surface area contributed by atoms with Crippen molar-refractivity contribution in [3.63, 3.8) is 0 Å². The third kappa shape index (κ3) is 2.95. The molecule has 4 heteroatoms. The van der Waals surface area contributed by atoms with Crippen LogP contribution in [0.3, 0.4) is 0 Å². The molecule has 1 aromatic rings. The first-order chi connectivity index (χ1) is 8.19. The maximum atomic E-state index is 13.4. The second-order valence-corrected chi connectivity index (χ2v) is 4.34. The predicted molar refractivity (Wildman–Crippen MR) is 60.8 cm³/mol. The normalized spacial score (nSPS) is 24.1. The minimum absolute atomic E-state index is 0.0467. The number of hydrogen-bond acceptors (Lipinski definition) is 2. The molecule has 1 N–H and O–H groups in total. The first-order valence-corrected chi connectivity index (χ1v) is 5.72. The molecule has 1 fully saturated rings. The van der Waals surface area contributed by atoms with Gasteiger partial charge in [-0.25, -0.2) is 4.39 Å². The molecule has 0 spiro atoms. The van der Waals surface area contributed by atoms with E-state index in [1.165, 1.54) is 17.0 Å². The quantitative estimate of drug-likeness (QED) is 0.772. The highest BCUT2D eigenvalue weighted by Crippen LogP contribution is 2.18. The molecule has 0 radical (unpaired) electrons. The van der Waals surface area contributed by atoms with Gasteiger partial charge in [0.15, 0.2) is 0 Å². The van der Waals surface area contributed by atoms with Crippen LogP contribution in [0.25, 0.3) is 0 Å². The molecule has 1 saturated heterocycles. The van der Waals surface area contributed by atoms with Gasteiger partial charge in [-0.05, 0) is 25.0 Å². The lowest BCUT2D eigenvalue weighted by molar-refractivity contribution is -0.862. The Morgan fingerprint density at radius 3 is 3.00 bits per heavy atom. The van der Waals surface area contributed by atoms with E-state index in [9.17, 15) is 4.39 Å². The number of quaternary nitrogens is 1. The van der Waals surface area contributed by atoms with Crippen LogP contribution in [0.5, 0.6) is 5.75 Å². The third-order valence-electron chi connectivity index (χ3n) is 2.94. The average molecular weight is 234 g/mol. The first kappa shape index (κ1) is 11.9. The minimum Gasteiger partial charge on any atom is -0.485 e. The Morgan fingerprint density at radius 2 is 2.35 bits per heavy atom. The number of rotatable bonds is 2. The lowest BCUT2D eigenvalue weighted by Gasteiger charge is -2.31. The van der Waals surface area contributed by atoms with Crippen molar-refractivity contribution in [2.24, 2.45) is 0 Å². The first-order valence-electron chi connectivity index (χ1n) is 5.72. The Bertz CT molecular complexity index is 442. The number of nitrogens with zero attached hydrogens (tertiary/aromatic N) is 1. The zero-order valence-electron chi connectivity index (χ0n) is 9.58. The molecular formula is C13H15FN2O. The van der Waals surface area contributed by atoms with Crippen LogP contribution in [-0.2, 0) is 0 Å². The van der Waals surface area contributed by atoms with E-state index in [-0.39, 0.29) is 11.7 Å². The van der Waals surface area contributed by atoms with E-state index in [1.807, 2.05) is 0 Å². The van der Waals surface area contributed by atoms with Gasteiger partial charge >= 0.3 is 0 Å². The number of benzene rings is 1. The van der Waals surface area contributed by atoms with Crippen molar-refractivity contribution in [3.05, 3.63) is 36.6 Å². The van der Waals surface area contributed by atoms with Crippen molar-refractivity contribution in [3.8, 4) is 11.8 Å². The Balaban J connectivity index is 2.04. The van der Waals surface area contributed by atoms with Crippen molar-refractivity contribution >= 4 is 0 Å². The molecule has 1 heterocycles. The number of hydrogen-bond donors (Lipinski definition) is 1. The molecule has 17 heavy (non-hydrogen) atoms. The maximum Gasteiger partial charge on any atom is 0.145 e. The minimum atomic E-state index is -0.528. The van der Waals surface area contributed by atoms with Crippen LogP contribution in [0, 0.1) is 24.2 Å². The SMILES string of the molecule is [CH2-][NH+]1CCCC(Oc2ccc(C#N)c(F)c2)C1. The second kappa shape index (κ2) is 5.15. The molecule has 0 bridgehead atoms. The topological polar surface area (TPSA) is 37.5 Å². The van der Waals surface area contributed by atoms with Gasteiger partial charge in [-0.15, -0.1) is 0 Å². The number of ether oxygens (including phenoxy) is 1. The van der Waals surface area contributed by atoms with Crippen LogP contribution in [0.2, 0.25) is 0 Å². The van der Waals surface area contributed by atoms with E-state index in [1.54, 1.807) is 12.1 Å². The van der Waals surface area contributed by atoms with Crippen molar-refractivity contribution in [2.75, 3.05) is 13.1 Å². The Hall–Kier alpha value is -1.60. The Morgan fingerprint density at radius 1 is 1.53 bits per heavy atom. The van der Waals surface area contributed by atoms with Crippen LogP contribution < -0.4 is 9.64 Å². The second-order valence-electron chi connectivity index (χ2n) is 4.34. The highest BCUT2D eigenvalue weighted by atomic mass is 19.1. The van der Waals surface area contributed by atoms with Crippen LogP contribution in [0.1, 0.15) is 18.4 Å². The lowest BCUT2D eigenvalue weighted by atomic mass is 10.1. The van der Waals surface area contributed by atoms with Crippen molar-refractivity contribution in [1.82, 2.24) is 0 Å². The molecule has 90 valence electrons. The number of halogens is 1. The van der Waals surface area contributed by atoms with E-state index in [2.05, 4.69) is 7.05 Å². The summed E-state index contributed by atoms with van der Waals surface area (Å²) in [7, 11) is 3.95. The molecule has 1 aliphatic heterocycles. The van der Waals surface area contributed by atoms with Gasteiger partial charge in [-0.3, -0.25) is 0 Å².